The number of benzene rings is 2. The zero-order chi connectivity index (χ0) is 21.8. The van der Waals surface area contributed by atoms with Gasteiger partial charge in [0.1, 0.15) is 5.82 Å². The fourth-order valence-electron chi connectivity index (χ4n) is 3.84. The van der Waals surface area contributed by atoms with E-state index in [9.17, 15) is 9.59 Å². The number of hydrogen-bond donors (Lipinski definition) is 2. The number of aromatic nitrogens is 1. The molecule has 0 aliphatic carbocycles. The standard InChI is InChI=1S/C24H26N4O3/c1-16-14-22(28-12-4-3-5-13-28)27-21-11-10-19(15-20(16)21)26-24(30)25-18-8-6-17(7-9-18)23(29)31-2/h6-11,14-15H,3-5,12-13H2,1-2H3,(H2,25,26,30). The summed E-state index contributed by atoms with van der Waals surface area (Å²) < 4.78 is 4.68. The molecule has 2 heterocycles. The predicted molar refractivity (Wildman–Crippen MR) is 123 cm³/mol. The Morgan fingerprint density at radius 2 is 1.61 bits per heavy atom. The maximum Gasteiger partial charge on any atom is 0.337 e. The van der Waals surface area contributed by atoms with Gasteiger partial charge >= 0.3 is 12.0 Å². The summed E-state index contributed by atoms with van der Waals surface area (Å²) in [6.07, 6.45) is 3.71. The highest BCUT2D eigenvalue weighted by molar-refractivity contribution is 6.01. The molecule has 31 heavy (non-hydrogen) atoms. The van der Waals surface area contributed by atoms with E-state index in [1.54, 1.807) is 24.3 Å². The molecule has 2 amide bonds. The average molecular weight is 418 g/mol. The third kappa shape index (κ3) is 4.77. The Labute approximate surface area is 181 Å². The molecule has 2 N–H and O–H groups in total. The molecule has 1 fully saturated rings. The Bertz CT molecular complexity index is 1110. The first-order valence-corrected chi connectivity index (χ1v) is 10.5. The van der Waals surface area contributed by atoms with Crippen LogP contribution in [-0.4, -0.2) is 37.2 Å². The number of carbonyl (C=O) groups excluding carboxylic acids is 2. The van der Waals surface area contributed by atoms with Crippen molar-refractivity contribution in [2.45, 2.75) is 26.2 Å². The molecule has 2 aromatic carbocycles. The van der Waals surface area contributed by atoms with Crippen molar-refractivity contribution in [3.8, 4) is 0 Å². The summed E-state index contributed by atoms with van der Waals surface area (Å²) in [5, 5.41) is 6.64. The molecule has 1 aliphatic rings. The van der Waals surface area contributed by atoms with Gasteiger partial charge in [0, 0.05) is 29.9 Å². The molecular weight excluding hydrogens is 392 g/mol. The summed E-state index contributed by atoms with van der Waals surface area (Å²) in [6.45, 7) is 4.18. The fourth-order valence-corrected chi connectivity index (χ4v) is 3.84. The number of anilines is 3. The van der Waals surface area contributed by atoms with E-state index in [0.717, 1.165) is 35.4 Å². The summed E-state index contributed by atoms with van der Waals surface area (Å²) >= 11 is 0. The number of piperidine rings is 1. The van der Waals surface area contributed by atoms with Crippen molar-refractivity contribution in [3.05, 3.63) is 59.7 Å². The van der Waals surface area contributed by atoms with Gasteiger partial charge in [-0.25, -0.2) is 14.6 Å². The largest absolute Gasteiger partial charge is 0.465 e. The lowest BCUT2D eigenvalue weighted by atomic mass is 10.1. The van der Waals surface area contributed by atoms with E-state index >= 15 is 0 Å². The lowest BCUT2D eigenvalue weighted by Gasteiger charge is -2.28. The van der Waals surface area contributed by atoms with Gasteiger partial charge in [0.05, 0.1) is 18.2 Å². The first-order valence-electron chi connectivity index (χ1n) is 10.5. The molecule has 1 saturated heterocycles. The van der Waals surface area contributed by atoms with Crippen LogP contribution in [0.2, 0.25) is 0 Å². The number of nitrogens with one attached hydrogen (secondary N) is 2. The van der Waals surface area contributed by atoms with Crippen LogP contribution in [0, 0.1) is 6.92 Å². The maximum absolute atomic E-state index is 12.4. The third-order valence-corrected chi connectivity index (χ3v) is 5.50. The zero-order valence-electron chi connectivity index (χ0n) is 17.8. The predicted octanol–water partition coefficient (Wildman–Crippen LogP) is 4.96. The van der Waals surface area contributed by atoms with Crippen LogP contribution < -0.4 is 15.5 Å². The van der Waals surface area contributed by atoms with Crippen molar-refractivity contribution >= 4 is 40.1 Å². The monoisotopic (exact) mass is 418 g/mol. The summed E-state index contributed by atoms with van der Waals surface area (Å²) in [5.41, 5.74) is 3.75. The van der Waals surface area contributed by atoms with Gasteiger partial charge in [-0.15, -0.1) is 0 Å². The van der Waals surface area contributed by atoms with E-state index in [0.29, 0.717) is 16.9 Å². The molecule has 3 aromatic rings. The maximum atomic E-state index is 12.4. The Morgan fingerprint density at radius 1 is 0.935 bits per heavy atom. The van der Waals surface area contributed by atoms with Crippen LogP contribution in [0.4, 0.5) is 22.0 Å². The highest BCUT2D eigenvalue weighted by Gasteiger charge is 2.14. The highest BCUT2D eigenvalue weighted by atomic mass is 16.5. The smallest absolute Gasteiger partial charge is 0.337 e. The van der Waals surface area contributed by atoms with Gasteiger partial charge in [0.15, 0.2) is 0 Å². The molecule has 0 bridgehead atoms. The number of esters is 1. The number of amides is 2. The number of nitrogens with zero attached hydrogens (tertiary/aromatic N) is 2. The lowest BCUT2D eigenvalue weighted by Crippen LogP contribution is -2.30. The highest BCUT2D eigenvalue weighted by Crippen LogP contribution is 2.27. The molecule has 1 aliphatic heterocycles. The number of methoxy groups -OCH3 is 1. The van der Waals surface area contributed by atoms with Crippen LogP contribution in [0.25, 0.3) is 10.9 Å². The van der Waals surface area contributed by atoms with Crippen LogP contribution in [0.15, 0.2) is 48.5 Å². The molecule has 160 valence electrons. The molecule has 7 heteroatoms. The van der Waals surface area contributed by atoms with Gasteiger partial charge in [-0.3, -0.25) is 0 Å². The normalized spacial score (nSPS) is 13.7. The second-order valence-corrected chi connectivity index (χ2v) is 7.73. The quantitative estimate of drug-likeness (QED) is 0.585. The van der Waals surface area contributed by atoms with Crippen molar-refractivity contribution < 1.29 is 14.3 Å². The molecule has 0 radical (unpaired) electrons. The Hall–Kier alpha value is -3.61. The Kier molecular flexibility index (Phi) is 6.02. The van der Waals surface area contributed by atoms with Gasteiger partial charge in [-0.05, 0) is 80.3 Å². The molecule has 1 aromatic heterocycles. The molecule has 0 spiro atoms. The number of urea groups is 1. The van der Waals surface area contributed by atoms with Crippen molar-refractivity contribution in [3.63, 3.8) is 0 Å². The van der Waals surface area contributed by atoms with E-state index < -0.39 is 5.97 Å². The number of hydrogen-bond acceptors (Lipinski definition) is 5. The van der Waals surface area contributed by atoms with Gasteiger partial charge in [-0.1, -0.05) is 0 Å². The van der Waals surface area contributed by atoms with Crippen LogP contribution >= 0.6 is 0 Å². The minimum Gasteiger partial charge on any atom is -0.465 e. The van der Waals surface area contributed by atoms with Gasteiger partial charge < -0.3 is 20.3 Å². The first-order chi connectivity index (χ1) is 15.0. The van der Waals surface area contributed by atoms with Crippen LogP contribution in [0.5, 0.6) is 0 Å². The second-order valence-electron chi connectivity index (χ2n) is 7.73. The van der Waals surface area contributed by atoms with E-state index in [4.69, 9.17) is 4.98 Å². The van der Waals surface area contributed by atoms with Gasteiger partial charge in [0.25, 0.3) is 0 Å². The number of pyridine rings is 1. The zero-order valence-corrected chi connectivity index (χ0v) is 17.8. The minimum absolute atomic E-state index is 0.360. The van der Waals surface area contributed by atoms with E-state index in [1.165, 1.54) is 26.4 Å². The van der Waals surface area contributed by atoms with Crippen molar-refractivity contribution in [1.29, 1.82) is 0 Å². The summed E-state index contributed by atoms with van der Waals surface area (Å²) in [5.74, 6) is 0.609. The molecule has 7 nitrogen and oxygen atoms in total. The first kappa shape index (κ1) is 20.7. The van der Waals surface area contributed by atoms with E-state index in [1.807, 2.05) is 18.2 Å². The average Bonchev–Trinajstić information content (AvgIpc) is 2.80. The molecular formula is C24H26N4O3. The molecule has 0 atom stereocenters. The van der Waals surface area contributed by atoms with Crippen molar-refractivity contribution in [2.24, 2.45) is 0 Å². The fraction of sp³-hybridized carbons (Fsp3) is 0.292. The Balaban J connectivity index is 1.46. The second kappa shape index (κ2) is 9.04. The number of fused-ring (bicyclic) bond motifs is 1. The van der Waals surface area contributed by atoms with Crippen molar-refractivity contribution in [1.82, 2.24) is 4.98 Å². The van der Waals surface area contributed by atoms with Crippen LogP contribution in [-0.2, 0) is 4.74 Å². The van der Waals surface area contributed by atoms with E-state index in [-0.39, 0.29) is 6.03 Å². The summed E-state index contributed by atoms with van der Waals surface area (Å²) in [7, 11) is 1.33. The SMILES string of the molecule is COC(=O)c1ccc(NC(=O)Nc2ccc3nc(N4CCCCC4)cc(C)c3c2)cc1. The number of ether oxygens (including phenoxy) is 1. The lowest BCUT2D eigenvalue weighted by molar-refractivity contribution is 0.0600. The summed E-state index contributed by atoms with van der Waals surface area (Å²) in [4.78, 5) is 31.1. The number of carbonyl (C=O) groups is 2. The van der Waals surface area contributed by atoms with Crippen LogP contribution in [0.1, 0.15) is 35.2 Å². The van der Waals surface area contributed by atoms with Crippen LogP contribution in [0.3, 0.4) is 0 Å². The molecule has 0 unspecified atom stereocenters. The topological polar surface area (TPSA) is 83.6 Å². The summed E-state index contributed by atoms with van der Waals surface area (Å²) in [6, 6.07) is 14.0. The van der Waals surface area contributed by atoms with E-state index in [2.05, 4.69) is 33.3 Å². The van der Waals surface area contributed by atoms with Gasteiger partial charge in [0.2, 0.25) is 0 Å². The number of rotatable bonds is 4. The molecule has 4 rings (SSSR count). The number of aryl methyl sites for hydroxylation is 1. The Morgan fingerprint density at radius 3 is 2.32 bits per heavy atom. The third-order valence-electron chi connectivity index (χ3n) is 5.50. The minimum atomic E-state index is -0.417. The van der Waals surface area contributed by atoms with Gasteiger partial charge in [-0.2, -0.15) is 0 Å². The van der Waals surface area contributed by atoms with Crippen molar-refractivity contribution in [2.75, 3.05) is 35.7 Å². The molecule has 0 saturated carbocycles.